The molecule has 0 aliphatic carbocycles. The van der Waals surface area contributed by atoms with Gasteiger partial charge in [-0.05, 0) is 29.8 Å². The maximum atomic E-state index is 13.7. The molecule has 0 spiro atoms. The summed E-state index contributed by atoms with van der Waals surface area (Å²) in [4.78, 5) is 25.3. The van der Waals surface area contributed by atoms with E-state index in [0.717, 1.165) is 4.90 Å². The van der Waals surface area contributed by atoms with E-state index in [9.17, 15) is 19.1 Å². The molecular formula is C17H11Cl2FN2O3. The van der Waals surface area contributed by atoms with Crippen molar-refractivity contribution in [3.63, 3.8) is 0 Å². The first kappa shape index (κ1) is 17.3. The van der Waals surface area contributed by atoms with Crippen molar-refractivity contribution in [3.05, 3.63) is 69.1 Å². The van der Waals surface area contributed by atoms with Gasteiger partial charge in [-0.15, -0.1) is 0 Å². The Kier molecular flexibility index (Phi) is 4.65. The second kappa shape index (κ2) is 6.74. The summed E-state index contributed by atoms with van der Waals surface area (Å²) in [6.45, 7) is -0.189. The van der Waals surface area contributed by atoms with Crippen LogP contribution in [0.2, 0.25) is 10.0 Å². The predicted octanol–water partition coefficient (Wildman–Crippen LogP) is 3.93. The molecule has 2 aromatic carbocycles. The minimum Gasteiger partial charge on any atom is -0.505 e. The quantitative estimate of drug-likeness (QED) is 0.625. The Morgan fingerprint density at radius 3 is 2.44 bits per heavy atom. The van der Waals surface area contributed by atoms with Crippen LogP contribution in [-0.2, 0) is 11.3 Å². The predicted molar refractivity (Wildman–Crippen MR) is 91.6 cm³/mol. The van der Waals surface area contributed by atoms with Gasteiger partial charge in [0, 0.05) is 5.56 Å². The third kappa shape index (κ3) is 3.45. The zero-order valence-corrected chi connectivity index (χ0v) is 14.1. The van der Waals surface area contributed by atoms with Crippen LogP contribution in [-0.4, -0.2) is 21.9 Å². The molecule has 1 fully saturated rings. The number of benzene rings is 2. The van der Waals surface area contributed by atoms with Gasteiger partial charge in [-0.3, -0.25) is 9.69 Å². The van der Waals surface area contributed by atoms with E-state index in [4.69, 9.17) is 23.2 Å². The summed E-state index contributed by atoms with van der Waals surface area (Å²) in [5.41, 5.74) is 0.645. The number of nitrogens with zero attached hydrogens (tertiary/aromatic N) is 1. The van der Waals surface area contributed by atoms with Crippen molar-refractivity contribution >= 4 is 41.2 Å². The van der Waals surface area contributed by atoms with E-state index in [1.165, 1.54) is 36.4 Å². The van der Waals surface area contributed by atoms with E-state index in [1.54, 1.807) is 6.07 Å². The SMILES string of the molecule is O=C1N/C(=C/c2cc(Cl)c(O)c(Cl)c2)C(=O)N1Cc1ccccc1F. The highest BCUT2D eigenvalue weighted by Crippen LogP contribution is 2.33. The molecule has 0 bridgehead atoms. The van der Waals surface area contributed by atoms with Crippen LogP contribution in [0.15, 0.2) is 42.1 Å². The molecule has 0 unspecified atom stereocenters. The van der Waals surface area contributed by atoms with Gasteiger partial charge in [0.1, 0.15) is 11.5 Å². The lowest BCUT2D eigenvalue weighted by molar-refractivity contribution is -0.123. The van der Waals surface area contributed by atoms with Crippen LogP contribution in [0.1, 0.15) is 11.1 Å². The molecule has 2 aromatic rings. The van der Waals surface area contributed by atoms with Gasteiger partial charge in [-0.1, -0.05) is 41.4 Å². The fourth-order valence-electron chi connectivity index (χ4n) is 2.35. The van der Waals surface area contributed by atoms with E-state index in [2.05, 4.69) is 5.32 Å². The van der Waals surface area contributed by atoms with Crippen LogP contribution in [0.5, 0.6) is 5.75 Å². The third-order valence-electron chi connectivity index (χ3n) is 3.60. The molecule has 3 rings (SSSR count). The Morgan fingerprint density at radius 2 is 1.80 bits per heavy atom. The number of hydrogen-bond acceptors (Lipinski definition) is 3. The summed E-state index contributed by atoms with van der Waals surface area (Å²) < 4.78 is 13.7. The molecule has 1 aliphatic rings. The highest BCUT2D eigenvalue weighted by molar-refractivity contribution is 6.37. The van der Waals surface area contributed by atoms with Gasteiger partial charge in [-0.25, -0.2) is 9.18 Å². The van der Waals surface area contributed by atoms with Crippen LogP contribution in [0, 0.1) is 5.82 Å². The first-order valence-corrected chi connectivity index (χ1v) is 7.88. The van der Waals surface area contributed by atoms with Crippen LogP contribution in [0.4, 0.5) is 9.18 Å². The summed E-state index contributed by atoms with van der Waals surface area (Å²) >= 11 is 11.7. The van der Waals surface area contributed by atoms with Gasteiger partial charge in [-0.2, -0.15) is 0 Å². The molecule has 3 amide bonds. The number of nitrogens with one attached hydrogen (secondary N) is 1. The van der Waals surface area contributed by atoms with Gasteiger partial charge in [0.25, 0.3) is 5.91 Å². The van der Waals surface area contributed by atoms with Crippen molar-refractivity contribution in [1.82, 2.24) is 10.2 Å². The lowest BCUT2D eigenvalue weighted by Crippen LogP contribution is -2.30. The fraction of sp³-hybridized carbons (Fsp3) is 0.0588. The van der Waals surface area contributed by atoms with Crippen molar-refractivity contribution in [2.24, 2.45) is 0 Å². The van der Waals surface area contributed by atoms with Gasteiger partial charge in [0.05, 0.1) is 16.6 Å². The Bertz CT molecular complexity index is 892. The Balaban J connectivity index is 1.87. The molecule has 128 valence electrons. The number of carbonyl (C=O) groups is 2. The highest BCUT2D eigenvalue weighted by atomic mass is 35.5. The van der Waals surface area contributed by atoms with E-state index in [-0.39, 0.29) is 33.6 Å². The van der Waals surface area contributed by atoms with Gasteiger partial charge < -0.3 is 10.4 Å². The number of hydrogen-bond donors (Lipinski definition) is 2. The van der Waals surface area contributed by atoms with Crippen molar-refractivity contribution in [2.75, 3.05) is 0 Å². The first-order valence-electron chi connectivity index (χ1n) is 7.13. The topological polar surface area (TPSA) is 69.6 Å². The van der Waals surface area contributed by atoms with Crippen LogP contribution in [0.3, 0.4) is 0 Å². The number of halogens is 3. The zero-order valence-electron chi connectivity index (χ0n) is 12.6. The number of phenolic OH excluding ortho intramolecular Hbond substituents is 1. The summed E-state index contributed by atoms with van der Waals surface area (Å²) in [5.74, 6) is -1.38. The first-order chi connectivity index (χ1) is 11.9. The highest BCUT2D eigenvalue weighted by Gasteiger charge is 2.34. The molecule has 0 atom stereocenters. The van der Waals surface area contributed by atoms with Crippen molar-refractivity contribution in [1.29, 1.82) is 0 Å². The average molecular weight is 381 g/mol. The molecule has 8 heteroatoms. The second-order valence-electron chi connectivity index (χ2n) is 5.30. The standard InChI is InChI=1S/C17H11Cl2FN2O3/c18-11-5-9(6-12(19)15(11)23)7-14-16(24)22(17(25)21-14)8-10-3-1-2-4-13(10)20/h1-7,23H,8H2,(H,21,25)/b14-7+. The molecule has 0 aromatic heterocycles. The molecule has 5 nitrogen and oxygen atoms in total. The van der Waals surface area contributed by atoms with Crippen molar-refractivity contribution < 1.29 is 19.1 Å². The minimum atomic E-state index is -0.657. The van der Waals surface area contributed by atoms with Crippen molar-refractivity contribution in [3.8, 4) is 5.75 Å². The molecule has 2 N–H and O–H groups in total. The Hall–Kier alpha value is -2.57. The smallest absolute Gasteiger partial charge is 0.329 e. The molecule has 1 saturated heterocycles. The van der Waals surface area contributed by atoms with Crippen LogP contribution < -0.4 is 5.32 Å². The van der Waals surface area contributed by atoms with E-state index in [1.807, 2.05) is 0 Å². The number of amides is 3. The number of carbonyl (C=O) groups excluding carboxylic acids is 2. The molecule has 0 radical (unpaired) electrons. The summed E-state index contributed by atoms with van der Waals surface area (Å²) in [5, 5.41) is 12.0. The number of phenols is 1. The lowest BCUT2D eigenvalue weighted by Gasteiger charge is -2.12. The summed E-state index contributed by atoms with van der Waals surface area (Å²) in [6.07, 6.45) is 1.37. The normalized spacial score (nSPS) is 15.8. The lowest BCUT2D eigenvalue weighted by atomic mass is 10.1. The average Bonchev–Trinajstić information content (AvgIpc) is 2.82. The fourth-order valence-corrected chi connectivity index (χ4v) is 2.85. The number of rotatable bonds is 3. The van der Waals surface area contributed by atoms with Crippen molar-refractivity contribution in [2.45, 2.75) is 6.54 Å². The number of urea groups is 1. The maximum absolute atomic E-state index is 13.7. The largest absolute Gasteiger partial charge is 0.505 e. The Morgan fingerprint density at radius 1 is 1.16 bits per heavy atom. The molecule has 1 aliphatic heterocycles. The van der Waals surface area contributed by atoms with Crippen LogP contribution in [0.25, 0.3) is 6.08 Å². The molecule has 25 heavy (non-hydrogen) atoms. The molecule has 0 saturated carbocycles. The van der Waals surface area contributed by atoms with E-state index >= 15 is 0 Å². The van der Waals surface area contributed by atoms with Gasteiger partial charge in [0.15, 0.2) is 5.75 Å². The zero-order chi connectivity index (χ0) is 18.1. The molecular weight excluding hydrogens is 370 g/mol. The molecule has 1 heterocycles. The number of imide groups is 1. The van der Waals surface area contributed by atoms with Crippen LogP contribution >= 0.6 is 23.2 Å². The van der Waals surface area contributed by atoms with E-state index < -0.39 is 17.8 Å². The summed E-state index contributed by atoms with van der Waals surface area (Å²) in [7, 11) is 0. The number of aromatic hydroxyl groups is 1. The van der Waals surface area contributed by atoms with Gasteiger partial charge >= 0.3 is 6.03 Å². The third-order valence-corrected chi connectivity index (χ3v) is 4.18. The second-order valence-corrected chi connectivity index (χ2v) is 6.12. The Labute approximate surface area is 152 Å². The van der Waals surface area contributed by atoms with Gasteiger partial charge in [0.2, 0.25) is 0 Å². The maximum Gasteiger partial charge on any atom is 0.329 e. The van der Waals surface area contributed by atoms with E-state index in [0.29, 0.717) is 5.56 Å². The monoisotopic (exact) mass is 380 g/mol. The minimum absolute atomic E-state index is 0.000776. The summed E-state index contributed by atoms with van der Waals surface area (Å²) in [6, 6.07) is 8.03.